The number of hydrogen-bond acceptors (Lipinski definition) is 7. The molecule has 1 aliphatic rings. The number of halogens is 3. The van der Waals surface area contributed by atoms with Crippen LogP contribution in [0.3, 0.4) is 0 Å². The second-order valence-electron chi connectivity index (χ2n) is 12.3. The van der Waals surface area contributed by atoms with Gasteiger partial charge in [0, 0.05) is 44.8 Å². The van der Waals surface area contributed by atoms with Crippen LogP contribution < -0.4 is 10.1 Å². The number of alkyl halides is 3. The molecule has 2 aromatic rings. The number of rotatable bonds is 9. The molecule has 0 unspecified atom stereocenters. The van der Waals surface area contributed by atoms with Gasteiger partial charge in [-0.3, -0.25) is 9.59 Å². The third-order valence-corrected chi connectivity index (χ3v) is 9.97. The summed E-state index contributed by atoms with van der Waals surface area (Å²) in [4.78, 5) is 28.0. The van der Waals surface area contributed by atoms with Crippen LogP contribution in [0.5, 0.6) is 5.75 Å². The molecule has 0 fully saturated rings. The average molecular weight is 686 g/mol. The van der Waals surface area contributed by atoms with Crippen molar-refractivity contribution in [1.29, 1.82) is 0 Å². The highest BCUT2D eigenvalue weighted by Crippen LogP contribution is 2.29. The van der Waals surface area contributed by atoms with Gasteiger partial charge in [0.2, 0.25) is 15.9 Å². The molecule has 0 bridgehead atoms. The SMILES string of the molecule is Cc1ccc(S(=O)(=O)N(C)C[C@@H]2OCCCC[C@H](C)Oc3ccc(NC(=O)CCC(F)(F)F)cc3C(=O)N([C@H](C)CO)C[C@@H]2C)cc1. The van der Waals surface area contributed by atoms with Gasteiger partial charge in [-0.2, -0.15) is 17.5 Å². The van der Waals surface area contributed by atoms with Crippen LogP contribution in [0.15, 0.2) is 47.4 Å². The normalized spacial score (nSPS) is 21.0. The van der Waals surface area contributed by atoms with Crippen molar-refractivity contribution in [2.24, 2.45) is 5.92 Å². The zero-order chi connectivity index (χ0) is 34.9. The number of aryl methyl sites for hydroxylation is 1. The number of ether oxygens (including phenoxy) is 2. The smallest absolute Gasteiger partial charge is 0.389 e. The molecule has 47 heavy (non-hydrogen) atoms. The van der Waals surface area contributed by atoms with Crippen molar-refractivity contribution in [2.45, 2.75) is 89.1 Å². The lowest BCUT2D eigenvalue weighted by Crippen LogP contribution is -2.48. The molecule has 0 saturated heterocycles. The highest BCUT2D eigenvalue weighted by atomic mass is 32.2. The number of anilines is 1. The van der Waals surface area contributed by atoms with E-state index in [0.29, 0.717) is 19.4 Å². The van der Waals surface area contributed by atoms with Crippen molar-refractivity contribution in [2.75, 3.05) is 38.7 Å². The van der Waals surface area contributed by atoms with E-state index in [1.807, 2.05) is 20.8 Å². The third-order valence-electron chi connectivity index (χ3n) is 8.14. The first-order valence-corrected chi connectivity index (χ1v) is 17.2. The highest BCUT2D eigenvalue weighted by Gasteiger charge is 2.33. The Labute approximate surface area is 275 Å². The number of carbonyl (C=O) groups is 2. The van der Waals surface area contributed by atoms with E-state index in [1.54, 1.807) is 31.2 Å². The monoisotopic (exact) mass is 685 g/mol. The summed E-state index contributed by atoms with van der Waals surface area (Å²) in [5.74, 6) is -1.57. The number of nitrogens with zero attached hydrogens (tertiary/aromatic N) is 2. The minimum atomic E-state index is -4.49. The molecule has 262 valence electrons. The Hall–Kier alpha value is -3.20. The summed E-state index contributed by atoms with van der Waals surface area (Å²) >= 11 is 0. The lowest BCUT2D eigenvalue weighted by Gasteiger charge is -2.35. The van der Waals surface area contributed by atoms with Gasteiger partial charge in [-0.1, -0.05) is 24.6 Å². The second-order valence-corrected chi connectivity index (χ2v) is 14.3. The van der Waals surface area contributed by atoms with Gasteiger partial charge in [0.25, 0.3) is 5.91 Å². The van der Waals surface area contributed by atoms with Crippen molar-refractivity contribution in [3.05, 3.63) is 53.6 Å². The summed E-state index contributed by atoms with van der Waals surface area (Å²) in [6, 6.07) is 10.2. The number of aliphatic hydroxyl groups excluding tert-OH is 1. The predicted molar refractivity (Wildman–Crippen MR) is 172 cm³/mol. The molecule has 3 rings (SSSR count). The molecule has 14 heteroatoms. The number of benzene rings is 2. The van der Waals surface area contributed by atoms with E-state index in [4.69, 9.17) is 9.47 Å². The van der Waals surface area contributed by atoms with Crippen LogP contribution in [0.1, 0.15) is 68.8 Å². The molecule has 4 atom stereocenters. The maximum atomic E-state index is 14.2. The van der Waals surface area contributed by atoms with Crippen LogP contribution in [0.25, 0.3) is 0 Å². The summed E-state index contributed by atoms with van der Waals surface area (Å²) in [7, 11) is -2.36. The number of carbonyl (C=O) groups excluding carboxylic acids is 2. The Morgan fingerprint density at radius 2 is 1.83 bits per heavy atom. The van der Waals surface area contributed by atoms with E-state index in [-0.39, 0.29) is 47.7 Å². The number of sulfonamides is 1. The Morgan fingerprint density at radius 3 is 2.47 bits per heavy atom. The number of nitrogens with one attached hydrogen (secondary N) is 1. The zero-order valence-electron chi connectivity index (χ0n) is 27.5. The summed E-state index contributed by atoms with van der Waals surface area (Å²) < 4.78 is 78.4. The lowest BCUT2D eigenvalue weighted by atomic mass is 10.0. The number of hydrogen-bond donors (Lipinski definition) is 2. The summed E-state index contributed by atoms with van der Waals surface area (Å²) in [5, 5.41) is 12.6. The fraction of sp³-hybridized carbons (Fsp3) is 0.576. The largest absolute Gasteiger partial charge is 0.490 e. The van der Waals surface area contributed by atoms with E-state index in [9.17, 15) is 36.3 Å². The fourth-order valence-electron chi connectivity index (χ4n) is 5.18. The lowest BCUT2D eigenvalue weighted by molar-refractivity contribution is -0.142. The van der Waals surface area contributed by atoms with Crippen molar-refractivity contribution < 1.29 is 45.8 Å². The van der Waals surface area contributed by atoms with Crippen molar-refractivity contribution in [3.63, 3.8) is 0 Å². The Bertz CT molecular complexity index is 1450. The topological polar surface area (TPSA) is 125 Å². The molecule has 2 aromatic carbocycles. The number of aliphatic hydroxyl groups is 1. The Morgan fingerprint density at radius 1 is 1.15 bits per heavy atom. The fourth-order valence-corrected chi connectivity index (χ4v) is 6.37. The Balaban J connectivity index is 1.94. The zero-order valence-corrected chi connectivity index (χ0v) is 28.4. The third kappa shape index (κ3) is 11.2. The first-order chi connectivity index (χ1) is 22.0. The summed E-state index contributed by atoms with van der Waals surface area (Å²) in [6.45, 7) is 7.26. The van der Waals surface area contributed by atoms with Gasteiger partial charge < -0.3 is 24.8 Å². The maximum Gasteiger partial charge on any atom is 0.389 e. The molecule has 1 heterocycles. The van der Waals surface area contributed by atoms with E-state index in [0.717, 1.165) is 12.0 Å². The molecule has 0 aromatic heterocycles. The van der Waals surface area contributed by atoms with Crippen LogP contribution in [0.2, 0.25) is 0 Å². The van der Waals surface area contributed by atoms with Gasteiger partial charge in [0.05, 0.1) is 41.7 Å². The molecule has 0 saturated carbocycles. The van der Waals surface area contributed by atoms with Crippen LogP contribution >= 0.6 is 0 Å². The number of amides is 2. The van der Waals surface area contributed by atoms with Crippen molar-refractivity contribution in [1.82, 2.24) is 9.21 Å². The average Bonchev–Trinajstić information content (AvgIpc) is 3.01. The molecule has 0 spiro atoms. The minimum Gasteiger partial charge on any atom is -0.490 e. The molecule has 0 aliphatic carbocycles. The van der Waals surface area contributed by atoms with E-state index >= 15 is 0 Å². The standard InChI is InChI=1S/C33H46F3N3O7S/c1-22-9-12-27(13-10-22)47(43,44)38(5)20-30-23(2)19-39(24(3)21-40)32(42)28-18-26(37-31(41)15-16-33(34,35)36)11-14-29(28)46-25(4)8-6-7-17-45-30/h9-14,18,23-25,30,40H,6-8,15-17,19-21H2,1-5H3,(H,37,41)/t23-,24+,25-,30-/m0/s1. The molecule has 1 aliphatic heterocycles. The van der Waals surface area contributed by atoms with Gasteiger partial charge >= 0.3 is 6.18 Å². The molecule has 10 nitrogen and oxygen atoms in total. The first kappa shape index (κ1) is 38.2. The highest BCUT2D eigenvalue weighted by molar-refractivity contribution is 7.89. The van der Waals surface area contributed by atoms with E-state index in [1.165, 1.54) is 34.5 Å². The van der Waals surface area contributed by atoms with E-state index in [2.05, 4.69) is 5.32 Å². The predicted octanol–water partition coefficient (Wildman–Crippen LogP) is 5.39. The van der Waals surface area contributed by atoms with Gasteiger partial charge in [-0.15, -0.1) is 0 Å². The number of fused-ring (bicyclic) bond motifs is 1. The quantitative estimate of drug-likeness (QED) is 0.363. The second kappa shape index (κ2) is 16.8. The Kier molecular flexibility index (Phi) is 13.6. The first-order valence-electron chi connectivity index (χ1n) is 15.8. The molecule has 0 radical (unpaired) electrons. The van der Waals surface area contributed by atoms with Crippen molar-refractivity contribution in [3.8, 4) is 5.75 Å². The maximum absolute atomic E-state index is 14.2. The van der Waals surface area contributed by atoms with E-state index < -0.39 is 58.9 Å². The van der Waals surface area contributed by atoms with Gasteiger partial charge in [0.1, 0.15) is 5.75 Å². The molecule has 2 amide bonds. The summed E-state index contributed by atoms with van der Waals surface area (Å²) in [6.07, 6.45) is -5.46. The molecular weight excluding hydrogens is 639 g/mol. The molecular formula is C33H46F3N3O7S. The van der Waals surface area contributed by atoms with Gasteiger partial charge in [0.15, 0.2) is 0 Å². The van der Waals surface area contributed by atoms with Crippen LogP contribution in [-0.4, -0.2) is 92.3 Å². The minimum absolute atomic E-state index is 0.0110. The number of likely N-dealkylation sites (N-methyl/N-ethyl adjacent to an activating group) is 1. The van der Waals surface area contributed by atoms with Crippen LogP contribution in [0.4, 0.5) is 18.9 Å². The van der Waals surface area contributed by atoms with Crippen LogP contribution in [-0.2, 0) is 19.6 Å². The van der Waals surface area contributed by atoms with Crippen LogP contribution in [0, 0.1) is 12.8 Å². The molecule has 2 N–H and O–H groups in total. The van der Waals surface area contributed by atoms with Crippen molar-refractivity contribution >= 4 is 27.5 Å². The van der Waals surface area contributed by atoms with Gasteiger partial charge in [-0.25, -0.2) is 8.42 Å². The summed E-state index contributed by atoms with van der Waals surface area (Å²) in [5.41, 5.74) is 1.11. The van der Waals surface area contributed by atoms with Gasteiger partial charge in [-0.05, 0) is 70.4 Å².